The number of hydrogen-bond acceptors (Lipinski definition) is 3. The summed E-state index contributed by atoms with van der Waals surface area (Å²) in [6.07, 6.45) is 12.1. The van der Waals surface area contributed by atoms with Crippen LogP contribution in [0.25, 0.3) is 5.57 Å². The monoisotopic (exact) mass is 460 g/mol. The van der Waals surface area contributed by atoms with E-state index in [2.05, 4.69) is 30.1 Å². The number of aliphatic hydroxyl groups excluding tert-OH is 1. The zero-order valence-corrected chi connectivity index (χ0v) is 19.8. The molecule has 0 spiro atoms. The molecule has 0 radical (unpaired) electrons. The molecule has 4 aliphatic rings. The summed E-state index contributed by atoms with van der Waals surface area (Å²) in [5, 5.41) is 9.98. The van der Waals surface area contributed by atoms with Crippen molar-refractivity contribution >= 4 is 11.5 Å². The number of halogens is 1. The largest absolute Gasteiger partial charge is 0.391 e. The van der Waals surface area contributed by atoms with E-state index < -0.39 is 6.10 Å². The van der Waals surface area contributed by atoms with Gasteiger partial charge in [-0.1, -0.05) is 19.1 Å². The highest BCUT2D eigenvalue weighted by atomic mass is 19.1. The van der Waals surface area contributed by atoms with E-state index in [0.29, 0.717) is 24.3 Å². The second-order valence-electron chi connectivity index (χ2n) is 11.1. The summed E-state index contributed by atoms with van der Waals surface area (Å²) in [5.74, 6) is 1.48. The van der Waals surface area contributed by atoms with E-state index in [9.17, 15) is 14.3 Å². The van der Waals surface area contributed by atoms with Crippen molar-refractivity contribution in [3.8, 4) is 0 Å². The molecule has 5 atom stereocenters. The van der Waals surface area contributed by atoms with Crippen LogP contribution in [-0.2, 0) is 6.42 Å². The maximum absolute atomic E-state index is 13.9. The Kier molecular flexibility index (Phi) is 5.36. The van der Waals surface area contributed by atoms with Gasteiger partial charge in [0.2, 0.25) is 0 Å². The number of hydrogen-bond donors (Lipinski definition) is 1. The molecule has 1 saturated carbocycles. The summed E-state index contributed by atoms with van der Waals surface area (Å²) in [5.41, 5.74) is 5.79. The predicted octanol–water partition coefficient (Wildman–Crippen LogP) is 5.37. The highest BCUT2D eigenvalue weighted by Crippen LogP contribution is 2.63. The lowest BCUT2D eigenvalue weighted by atomic mass is 9.54. The summed E-state index contributed by atoms with van der Waals surface area (Å²) in [4.78, 5) is 19.0. The standard InChI is InChI=1S/C29H33FN2O2/c1-29-11-10-24-23-6-5-19(28(34)32-12-2-3-22(33)17-32)13-18(23)4-7-25(24)27(29)9-8-26(29)20-14-21(30)16-31-15-20/h5-6,8,13-16,22,24-25,27,33H,2-4,7,9-12,17H2,1H3/t22-,24-,25-,27+,29-/m1/s1. The molecule has 1 aliphatic heterocycles. The fraction of sp³-hybridized carbons (Fsp3) is 0.517. The van der Waals surface area contributed by atoms with Crippen molar-refractivity contribution in [3.05, 3.63) is 70.8 Å². The first-order chi connectivity index (χ1) is 16.4. The molecule has 1 saturated heterocycles. The Morgan fingerprint density at radius 1 is 1.21 bits per heavy atom. The van der Waals surface area contributed by atoms with Crippen LogP contribution in [0.4, 0.5) is 4.39 Å². The second kappa shape index (κ2) is 8.30. The number of aryl methyl sites for hydroxylation is 1. The van der Waals surface area contributed by atoms with Crippen LogP contribution in [-0.4, -0.2) is 40.1 Å². The number of aromatic nitrogens is 1. The number of fused-ring (bicyclic) bond motifs is 5. The van der Waals surface area contributed by atoms with Gasteiger partial charge in [-0.05, 0) is 109 Å². The van der Waals surface area contributed by atoms with Crippen LogP contribution < -0.4 is 0 Å². The van der Waals surface area contributed by atoms with Crippen LogP contribution in [0.5, 0.6) is 0 Å². The molecule has 2 heterocycles. The number of rotatable bonds is 2. The van der Waals surface area contributed by atoms with E-state index in [4.69, 9.17) is 0 Å². The Hall–Kier alpha value is -2.53. The molecular formula is C29H33FN2O2. The maximum Gasteiger partial charge on any atom is 0.253 e. The first-order valence-corrected chi connectivity index (χ1v) is 12.9. The summed E-state index contributed by atoms with van der Waals surface area (Å²) in [6, 6.07) is 7.98. The third-order valence-corrected chi connectivity index (χ3v) is 9.25. The van der Waals surface area contributed by atoms with Crippen LogP contribution in [0.1, 0.15) is 78.4 Å². The van der Waals surface area contributed by atoms with Crippen molar-refractivity contribution in [1.82, 2.24) is 9.88 Å². The number of aliphatic hydroxyl groups is 1. The molecular weight excluding hydrogens is 427 g/mol. The van der Waals surface area contributed by atoms with Gasteiger partial charge in [0.15, 0.2) is 0 Å². The minimum Gasteiger partial charge on any atom is -0.391 e. The highest BCUT2D eigenvalue weighted by molar-refractivity contribution is 5.94. The number of amides is 1. The smallest absolute Gasteiger partial charge is 0.253 e. The van der Waals surface area contributed by atoms with Crippen molar-refractivity contribution in [2.45, 2.75) is 63.9 Å². The number of nitrogens with zero attached hydrogens (tertiary/aromatic N) is 2. The van der Waals surface area contributed by atoms with Crippen LogP contribution >= 0.6 is 0 Å². The predicted molar refractivity (Wildman–Crippen MR) is 130 cm³/mol. The molecule has 5 heteroatoms. The Balaban J connectivity index is 1.24. The lowest BCUT2D eigenvalue weighted by Crippen LogP contribution is -2.42. The summed E-state index contributed by atoms with van der Waals surface area (Å²) < 4.78 is 13.9. The number of carbonyl (C=O) groups is 1. The van der Waals surface area contributed by atoms with E-state index in [1.165, 1.54) is 22.9 Å². The molecule has 178 valence electrons. The number of benzene rings is 1. The maximum atomic E-state index is 13.9. The zero-order valence-electron chi connectivity index (χ0n) is 19.8. The van der Waals surface area contributed by atoms with E-state index in [1.54, 1.807) is 11.0 Å². The van der Waals surface area contributed by atoms with Crippen molar-refractivity contribution in [2.75, 3.05) is 13.1 Å². The molecule has 6 rings (SSSR count). The van der Waals surface area contributed by atoms with Gasteiger partial charge in [-0.2, -0.15) is 0 Å². The van der Waals surface area contributed by atoms with E-state index in [-0.39, 0.29) is 17.1 Å². The minimum atomic E-state index is -0.402. The topological polar surface area (TPSA) is 53.4 Å². The van der Waals surface area contributed by atoms with Crippen LogP contribution in [0.3, 0.4) is 0 Å². The van der Waals surface area contributed by atoms with E-state index >= 15 is 0 Å². The van der Waals surface area contributed by atoms with Gasteiger partial charge in [-0.15, -0.1) is 0 Å². The van der Waals surface area contributed by atoms with Gasteiger partial charge in [0.05, 0.1) is 12.3 Å². The molecule has 1 aromatic carbocycles. The molecule has 1 amide bonds. The lowest BCUT2D eigenvalue weighted by Gasteiger charge is -2.50. The van der Waals surface area contributed by atoms with Gasteiger partial charge >= 0.3 is 0 Å². The quantitative estimate of drug-likeness (QED) is 0.656. The molecule has 0 unspecified atom stereocenters. The summed E-state index contributed by atoms with van der Waals surface area (Å²) in [7, 11) is 0. The van der Waals surface area contributed by atoms with Crippen molar-refractivity contribution in [1.29, 1.82) is 0 Å². The average molecular weight is 461 g/mol. The fourth-order valence-corrected chi connectivity index (χ4v) is 7.61. The Labute approximate surface area is 200 Å². The number of carbonyl (C=O) groups excluding carboxylic acids is 1. The normalized spacial score (nSPS) is 32.4. The van der Waals surface area contributed by atoms with Crippen LogP contribution in [0.2, 0.25) is 0 Å². The minimum absolute atomic E-state index is 0.0493. The molecule has 3 aliphatic carbocycles. The molecule has 0 bridgehead atoms. The molecule has 2 aromatic rings. The van der Waals surface area contributed by atoms with Crippen LogP contribution in [0, 0.1) is 23.1 Å². The first-order valence-electron chi connectivity index (χ1n) is 12.9. The first kappa shape index (κ1) is 22.0. The third kappa shape index (κ3) is 3.51. The lowest BCUT2D eigenvalue weighted by molar-refractivity contribution is 0.0473. The summed E-state index contributed by atoms with van der Waals surface area (Å²) in [6.45, 7) is 3.55. The second-order valence-corrected chi connectivity index (χ2v) is 11.1. The van der Waals surface area contributed by atoms with Gasteiger partial charge in [0, 0.05) is 24.8 Å². The fourth-order valence-electron chi connectivity index (χ4n) is 7.61. The molecule has 2 fully saturated rings. The number of β-amino-alcohol motifs (C(OH)–C–C–N with tert-alkyl or cyclic N) is 1. The number of pyridine rings is 1. The van der Waals surface area contributed by atoms with Gasteiger partial charge in [0.25, 0.3) is 5.91 Å². The van der Waals surface area contributed by atoms with Gasteiger partial charge in [0.1, 0.15) is 5.82 Å². The third-order valence-electron chi connectivity index (χ3n) is 9.25. The van der Waals surface area contributed by atoms with Crippen LogP contribution in [0.15, 0.2) is 42.7 Å². The number of piperidine rings is 1. The van der Waals surface area contributed by atoms with Gasteiger partial charge in [-0.3, -0.25) is 9.78 Å². The molecule has 4 nitrogen and oxygen atoms in total. The Morgan fingerprint density at radius 3 is 2.91 bits per heavy atom. The Bertz CT molecular complexity index is 1160. The Morgan fingerprint density at radius 2 is 2.09 bits per heavy atom. The number of allylic oxidation sites excluding steroid dienone is 2. The number of likely N-dealkylation sites (tertiary alicyclic amines) is 1. The molecule has 1 N–H and O–H groups in total. The molecule has 1 aromatic heterocycles. The van der Waals surface area contributed by atoms with Crippen molar-refractivity contribution in [3.63, 3.8) is 0 Å². The van der Waals surface area contributed by atoms with E-state index in [0.717, 1.165) is 62.6 Å². The van der Waals surface area contributed by atoms with Gasteiger partial charge in [-0.25, -0.2) is 4.39 Å². The molecule has 34 heavy (non-hydrogen) atoms. The zero-order chi connectivity index (χ0) is 23.4. The highest BCUT2D eigenvalue weighted by Gasteiger charge is 2.52. The van der Waals surface area contributed by atoms with Gasteiger partial charge < -0.3 is 10.0 Å². The van der Waals surface area contributed by atoms with Crippen molar-refractivity contribution < 1.29 is 14.3 Å². The summed E-state index contributed by atoms with van der Waals surface area (Å²) >= 11 is 0. The average Bonchev–Trinajstić information content (AvgIpc) is 3.20. The van der Waals surface area contributed by atoms with Crippen molar-refractivity contribution in [2.24, 2.45) is 17.3 Å². The van der Waals surface area contributed by atoms with E-state index in [1.807, 2.05) is 12.3 Å². The SMILES string of the molecule is C[C@]12CC[C@@H]3c4ccc(C(=O)N5CCC[C@@H](O)C5)cc4CC[C@H]3[C@@H]1CC=C2c1cncc(F)c1.